The van der Waals surface area contributed by atoms with Crippen molar-refractivity contribution in [2.75, 3.05) is 19.9 Å². The number of ether oxygens (including phenoxy) is 2. The first-order chi connectivity index (χ1) is 15.2. The van der Waals surface area contributed by atoms with Crippen LogP contribution in [0.1, 0.15) is 30.1 Å². The molecule has 0 amide bonds. The highest BCUT2D eigenvalue weighted by Gasteiger charge is 2.26. The fraction of sp³-hybridized carbons (Fsp3) is 0.364. The molecule has 31 heavy (non-hydrogen) atoms. The number of fused-ring (bicyclic) bond motifs is 2. The van der Waals surface area contributed by atoms with Gasteiger partial charge in [-0.25, -0.2) is 0 Å². The van der Waals surface area contributed by atoms with Crippen LogP contribution < -0.4 is 9.47 Å². The lowest BCUT2D eigenvalue weighted by molar-refractivity contribution is 0.173. The second-order valence-electron chi connectivity index (χ2n) is 8.12. The molecule has 4 aromatic rings. The summed E-state index contributed by atoms with van der Waals surface area (Å²) in [5, 5.41) is 17.9. The molecular formula is C22H23N7O2. The molecule has 6 rings (SSSR count). The molecule has 0 spiro atoms. The van der Waals surface area contributed by atoms with E-state index in [0.29, 0.717) is 12.7 Å². The SMILES string of the molecule is Cn1nccc1-c1ccc2nnc(C3CCN(Cc4ccc5c(c4)OCO5)CC3)n2n1. The molecule has 9 heteroatoms. The average molecular weight is 417 g/mol. The molecule has 158 valence electrons. The summed E-state index contributed by atoms with van der Waals surface area (Å²) in [6, 6.07) is 12.1. The highest BCUT2D eigenvalue weighted by atomic mass is 16.7. The van der Waals surface area contributed by atoms with E-state index in [1.807, 2.05) is 40.5 Å². The van der Waals surface area contributed by atoms with Gasteiger partial charge in [0.1, 0.15) is 5.69 Å². The van der Waals surface area contributed by atoms with Gasteiger partial charge in [0.25, 0.3) is 0 Å². The van der Waals surface area contributed by atoms with Gasteiger partial charge in [0.15, 0.2) is 23.0 Å². The lowest BCUT2D eigenvalue weighted by atomic mass is 9.95. The molecule has 2 aliphatic rings. The van der Waals surface area contributed by atoms with Crippen LogP contribution >= 0.6 is 0 Å². The molecule has 0 N–H and O–H groups in total. The fourth-order valence-electron chi connectivity index (χ4n) is 4.47. The third-order valence-corrected chi connectivity index (χ3v) is 6.17. The maximum Gasteiger partial charge on any atom is 0.231 e. The lowest BCUT2D eigenvalue weighted by Gasteiger charge is -2.31. The Morgan fingerprint density at radius 2 is 1.87 bits per heavy atom. The maximum atomic E-state index is 5.51. The van der Waals surface area contributed by atoms with E-state index in [4.69, 9.17) is 14.6 Å². The molecule has 1 saturated heterocycles. The number of hydrogen-bond acceptors (Lipinski definition) is 7. The Labute approximate surface area is 179 Å². The molecule has 1 aromatic carbocycles. The first-order valence-electron chi connectivity index (χ1n) is 10.6. The van der Waals surface area contributed by atoms with Crippen molar-refractivity contribution in [2.45, 2.75) is 25.3 Å². The van der Waals surface area contributed by atoms with Gasteiger partial charge in [0.05, 0.1) is 5.69 Å². The van der Waals surface area contributed by atoms with Gasteiger partial charge in [0.2, 0.25) is 6.79 Å². The van der Waals surface area contributed by atoms with Gasteiger partial charge < -0.3 is 9.47 Å². The third kappa shape index (κ3) is 3.31. The predicted molar refractivity (Wildman–Crippen MR) is 113 cm³/mol. The molecular weight excluding hydrogens is 394 g/mol. The number of rotatable bonds is 4. The Balaban J connectivity index is 1.18. The van der Waals surface area contributed by atoms with Crippen molar-refractivity contribution in [1.29, 1.82) is 0 Å². The third-order valence-electron chi connectivity index (χ3n) is 6.17. The predicted octanol–water partition coefficient (Wildman–Crippen LogP) is 2.63. The molecule has 2 aliphatic heterocycles. The summed E-state index contributed by atoms with van der Waals surface area (Å²) >= 11 is 0. The second-order valence-corrected chi connectivity index (χ2v) is 8.12. The van der Waals surface area contributed by atoms with E-state index >= 15 is 0 Å². The Kier molecular flexibility index (Phi) is 4.34. The summed E-state index contributed by atoms with van der Waals surface area (Å²) in [7, 11) is 1.92. The highest BCUT2D eigenvalue weighted by molar-refractivity contribution is 5.56. The van der Waals surface area contributed by atoms with Crippen LogP contribution in [0.25, 0.3) is 17.0 Å². The van der Waals surface area contributed by atoms with E-state index in [1.165, 1.54) is 5.56 Å². The van der Waals surface area contributed by atoms with E-state index in [9.17, 15) is 0 Å². The standard InChI is InChI=1S/C22H23N7O2/c1-27-18(6-9-23-27)17-3-5-21-24-25-22(29(21)26-17)16-7-10-28(11-8-16)13-15-2-4-19-20(12-15)31-14-30-19/h2-6,9,12,16H,7-8,10-11,13-14H2,1H3. The molecule has 0 saturated carbocycles. The van der Waals surface area contributed by atoms with Crippen molar-refractivity contribution in [3.63, 3.8) is 0 Å². The van der Waals surface area contributed by atoms with Crippen molar-refractivity contribution in [1.82, 2.24) is 34.5 Å². The fourth-order valence-corrected chi connectivity index (χ4v) is 4.47. The molecule has 0 atom stereocenters. The Bertz CT molecular complexity index is 1240. The minimum absolute atomic E-state index is 0.312. The summed E-state index contributed by atoms with van der Waals surface area (Å²) in [5.74, 6) is 2.97. The number of benzene rings is 1. The van der Waals surface area contributed by atoms with Gasteiger partial charge in [-0.2, -0.15) is 14.7 Å². The van der Waals surface area contributed by atoms with Crippen LogP contribution in [-0.4, -0.2) is 54.4 Å². The van der Waals surface area contributed by atoms with Gasteiger partial charge in [-0.1, -0.05) is 6.07 Å². The van der Waals surface area contributed by atoms with Gasteiger partial charge in [-0.3, -0.25) is 9.58 Å². The summed E-state index contributed by atoms with van der Waals surface area (Å²) in [5.41, 5.74) is 3.87. The van der Waals surface area contributed by atoms with Crippen LogP contribution in [0, 0.1) is 0 Å². The molecule has 0 bridgehead atoms. The van der Waals surface area contributed by atoms with Crippen LogP contribution in [0.15, 0.2) is 42.6 Å². The number of aromatic nitrogens is 6. The molecule has 5 heterocycles. The zero-order valence-corrected chi connectivity index (χ0v) is 17.3. The summed E-state index contributed by atoms with van der Waals surface area (Å²) < 4.78 is 14.6. The van der Waals surface area contributed by atoms with E-state index in [2.05, 4.69) is 32.3 Å². The molecule has 1 fully saturated rings. The van der Waals surface area contributed by atoms with Gasteiger partial charge >= 0.3 is 0 Å². The smallest absolute Gasteiger partial charge is 0.231 e. The zero-order valence-electron chi connectivity index (χ0n) is 17.3. The Morgan fingerprint density at radius 3 is 2.71 bits per heavy atom. The van der Waals surface area contributed by atoms with Crippen molar-refractivity contribution >= 4 is 5.65 Å². The number of likely N-dealkylation sites (tertiary alicyclic amines) is 1. The van der Waals surface area contributed by atoms with Gasteiger partial charge in [-0.15, -0.1) is 10.2 Å². The van der Waals surface area contributed by atoms with E-state index in [1.54, 1.807) is 6.20 Å². The molecule has 3 aromatic heterocycles. The molecule has 0 unspecified atom stereocenters. The van der Waals surface area contributed by atoms with Crippen LogP contribution in [0.2, 0.25) is 0 Å². The van der Waals surface area contributed by atoms with Crippen LogP contribution in [0.5, 0.6) is 11.5 Å². The number of nitrogens with zero attached hydrogens (tertiary/aromatic N) is 7. The largest absolute Gasteiger partial charge is 0.454 e. The number of hydrogen-bond donors (Lipinski definition) is 0. The van der Waals surface area contributed by atoms with Crippen LogP contribution in [0.4, 0.5) is 0 Å². The average Bonchev–Trinajstić information content (AvgIpc) is 3.53. The quantitative estimate of drug-likeness (QED) is 0.505. The van der Waals surface area contributed by atoms with Gasteiger partial charge in [-0.05, 0) is 61.8 Å². The van der Waals surface area contributed by atoms with Crippen molar-refractivity contribution in [2.24, 2.45) is 7.05 Å². The Hall–Kier alpha value is -3.46. The van der Waals surface area contributed by atoms with Gasteiger partial charge in [0, 0.05) is 25.7 Å². The van der Waals surface area contributed by atoms with Crippen molar-refractivity contribution in [3.8, 4) is 22.9 Å². The first kappa shape index (κ1) is 18.3. The summed E-state index contributed by atoms with van der Waals surface area (Å²) in [6.07, 6.45) is 3.84. The van der Waals surface area contributed by atoms with E-state index in [0.717, 1.165) is 66.8 Å². The normalized spacial score (nSPS) is 16.9. The monoisotopic (exact) mass is 417 g/mol. The minimum atomic E-state index is 0.312. The summed E-state index contributed by atoms with van der Waals surface area (Å²) in [6.45, 7) is 3.24. The lowest BCUT2D eigenvalue weighted by Crippen LogP contribution is -2.33. The molecule has 9 nitrogen and oxygen atoms in total. The number of aryl methyl sites for hydroxylation is 1. The zero-order chi connectivity index (χ0) is 20.8. The maximum absolute atomic E-state index is 5.51. The topological polar surface area (TPSA) is 82.6 Å². The van der Waals surface area contributed by atoms with Crippen molar-refractivity contribution in [3.05, 3.63) is 54.0 Å². The molecule has 0 aliphatic carbocycles. The van der Waals surface area contributed by atoms with E-state index < -0.39 is 0 Å². The van der Waals surface area contributed by atoms with Crippen molar-refractivity contribution < 1.29 is 9.47 Å². The minimum Gasteiger partial charge on any atom is -0.454 e. The van der Waals surface area contributed by atoms with Crippen LogP contribution in [-0.2, 0) is 13.6 Å². The van der Waals surface area contributed by atoms with Crippen LogP contribution in [0.3, 0.4) is 0 Å². The first-order valence-corrected chi connectivity index (χ1v) is 10.6. The molecule has 0 radical (unpaired) electrons. The van der Waals surface area contributed by atoms with E-state index in [-0.39, 0.29) is 0 Å². The summed E-state index contributed by atoms with van der Waals surface area (Å²) in [4.78, 5) is 2.48. The number of piperidine rings is 1. The highest BCUT2D eigenvalue weighted by Crippen LogP contribution is 2.34. The second kappa shape index (κ2) is 7.35. The Morgan fingerprint density at radius 1 is 1.00 bits per heavy atom.